The fraction of sp³-hybridized carbons (Fsp3) is 0.500. The van der Waals surface area contributed by atoms with Gasteiger partial charge in [-0.05, 0) is 83.1 Å². The number of aryl methyl sites for hydroxylation is 2. The van der Waals surface area contributed by atoms with Gasteiger partial charge in [-0.15, -0.1) is 0 Å². The Bertz CT molecular complexity index is 1300. The molecule has 0 radical (unpaired) electrons. The molecule has 1 fully saturated rings. The Kier molecular flexibility index (Phi) is 9.53. The minimum Gasteiger partial charge on any atom is -0.497 e. The summed E-state index contributed by atoms with van der Waals surface area (Å²) in [6.45, 7) is 16.6. The van der Waals surface area contributed by atoms with Crippen molar-refractivity contribution in [1.82, 2.24) is 19.4 Å². The van der Waals surface area contributed by atoms with Gasteiger partial charge in [0.15, 0.2) is 5.82 Å². The number of aromatic nitrogens is 3. The first-order chi connectivity index (χ1) is 19.2. The van der Waals surface area contributed by atoms with E-state index in [4.69, 9.17) is 14.5 Å². The van der Waals surface area contributed by atoms with E-state index in [9.17, 15) is 0 Å². The number of aliphatic imine (C=N–C) groups is 2. The van der Waals surface area contributed by atoms with E-state index < -0.39 is 0 Å². The molecule has 3 aromatic rings. The zero-order valence-electron chi connectivity index (χ0n) is 25.0. The predicted octanol–water partition coefficient (Wildman–Crippen LogP) is 5.62. The lowest BCUT2D eigenvalue weighted by atomic mass is 9.82. The van der Waals surface area contributed by atoms with Gasteiger partial charge in [-0.1, -0.05) is 18.2 Å². The highest BCUT2D eigenvalue weighted by Crippen LogP contribution is 2.42. The number of hydrogen-bond donors (Lipinski definition) is 0. The van der Waals surface area contributed by atoms with Crippen LogP contribution in [0.4, 0.5) is 5.82 Å². The molecule has 1 atom stereocenters. The number of rotatable bonds is 13. The highest BCUT2D eigenvalue weighted by molar-refractivity contribution is 5.84. The number of nitrogens with zero attached hydrogens (tertiary/aromatic N) is 6. The Morgan fingerprint density at radius 2 is 1.95 bits per heavy atom. The van der Waals surface area contributed by atoms with Crippen LogP contribution in [0.15, 0.2) is 52.6 Å². The summed E-state index contributed by atoms with van der Waals surface area (Å²) in [5, 5.41) is 0. The van der Waals surface area contributed by atoms with Crippen molar-refractivity contribution in [1.29, 1.82) is 0 Å². The van der Waals surface area contributed by atoms with Crippen molar-refractivity contribution in [2.24, 2.45) is 15.4 Å². The quantitative estimate of drug-likeness (QED) is 0.261. The molecule has 0 spiro atoms. The molecule has 8 nitrogen and oxygen atoms in total. The Morgan fingerprint density at radius 1 is 1.18 bits per heavy atom. The van der Waals surface area contributed by atoms with Crippen LogP contribution in [-0.2, 0) is 23.2 Å². The summed E-state index contributed by atoms with van der Waals surface area (Å²) in [5.41, 5.74) is 4.23. The normalized spacial score (nSPS) is 18.1. The molecule has 8 heteroatoms. The minimum atomic E-state index is -0.119. The van der Waals surface area contributed by atoms with Crippen LogP contribution in [0.5, 0.6) is 5.75 Å². The number of methoxy groups -OCH3 is 1. The first-order valence-electron chi connectivity index (χ1n) is 14.1. The van der Waals surface area contributed by atoms with E-state index in [0.29, 0.717) is 19.0 Å². The lowest BCUT2D eigenvalue weighted by Crippen LogP contribution is -2.42. The summed E-state index contributed by atoms with van der Waals surface area (Å²) >= 11 is 0. The molecule has 0 saturated carbocycles. The summed E-state index contributed by atoms with van der Waals surface area (Å²) < 4.78 is 13.7. The zero-order valence-corrected chi connectivity index (χ0v) is 25.0. The van der Waals surface area contributed by atoms with Gasteiger partial charge < -0.3 is 14.0 Å². The molecule has 0 bridgehead atoms. The Labute approximate surface area is 239 Å². The van der Waals surface area contributed by atoms with Crippen LogP contribution in [0.3, 0.4) is 0 Å². The third-order valence-corrected chi connectivity index (χ3v) is 8.31. The molecule has 0 unspecified atom stereocenters. The van der Waals surface area contributed by atoms with Gasteiger partial charge in [0.1, 0.15) is 17.3 Å². The number of hydrogen-bond acceptors (Lipinski definition) is 7. The van der Waals surface area contributed by atoms with Gasteiger partial charge in [0.2, 0.25) is 0 Å². The van der Waals surface area contributed by atoms with Crippen molar-refractivity contribution in [2.75, 3.05) is 40.5 Å². The van der Waals surface area contributed by atoms with Gasteiger partial charge in [-0.2, -0.15) is 0 Å². The second kappa shape index (κ2) is 12.9. The first-order valence-corrected chi connectivity index (χ1v) is 14.1. The van der Waals surface area contributed by atoms with Crippen LogP contribution < -0.4 is 4.74 Å². The number of benzene rings is 1. The largest absolute Gasteiger partial charge is 0.497 e. The number of imidazole rings is 1. The number of ether oxygens (including phenoxy) is 2. The standard InChI is InChI=1S/C32H44N6O2/c1-8-40-23-32(17-18-37(22-32)31(3,4)26-12-9-24(2)35-19-26)16-15-29-36-30(34-6)28(20-33-5)38(29)21-25-10-13-27(39-7)14-11-25/h9-14,19-20H,6,8,15-18,21-23H2,1-5,7H3/t32-/m0/s1. The van der Waals surface area contributed by atoms with E-state index in [1.54, 1.807) is 14.2 Å². The fourth-order valence-corrected chi connectivity index (χ4v) is 5.66. The van der Waals surface area contributed by atoms with Crippen molar-refractivity contribution in [3.63, 3.8) is 0 Å². The molecule has 3 heterocycles. The monoisotopic (exact) mass is 544 g/mol. The second-order valence-electron chi connectivity index (χ2n) is 11.3. The average Bonchev–Trinajstić information content (AvgIpc) is 3.54. The van der Waals surface area contributed by atoms with Gasteiger partial charge in [-0.25, -0.2) is 9.98 Å². The third kappa shape index (κ3) is 6.50. The van der Waals surface area contributed by atoms with E-state index in [-0.39, 0.29) is 11.0 Å². The topological polar surface area (TPSA) is 77.1 Å². The van der Waals surface area contributed by atoms with Crippen LogP contribution in [0.25, 0.3) is 0 Å². The Morgan fingerprint density at radius 3 is 2.58 bits per heavy atom. The highest BCUT2D eigenvalue weighted by Gasteiger charge is 2.44. The summed E-state index contributed by atoms with van der Waals surface area (Å²) in [6, 6.07) is 12.5. The van der Waals surface area contributed by atoms with E-state index >= 15 is 0 Å². The Hall–Kier alpha value is -3.36. The average molecular weight is 545 g/mol. The minimum absolute atomic E-state index is 0.0308. The lowest BCUT2D eigenvalue weighted by Gasteiger charge is -2.38. The van der Waals surface area contributed by atoms with E-state index in [1.807, 2.05) is 31.5 Å². The molecule has 1 aliphatic rings. The molecule has 4 rings (SSSR count). The van der Waals surface area contributed by atoms with Crippen LogP contribution in [0, 0.1) is 12.3 Å². The molecule has 1 aliphatic heterocycles. The van der Waals surface area contributed by atoms with Crippen molar-refractivity contribution in [2.45, 2.75) is 59.0 Å². The van der Waals surface area contributed by atoms with E-state index in [0.717, 1.165) is 67.5 Å². The number of likely N-dealkylation sites (tertiary alicyclic amines) is 1. The van der Waals surface area contributed by atoms with E-state index in [1.165, 1.54) is 5.56 Å². The molecule has 0 N–H and O–H groups in total. The van der Waals surface area contributed by atoms with Gasteiger partial charge >= 0.3 is 0 Å². The molecule has 0 amide bonds. The molecule has 2 aromatic heterocycles. The number of pyridine rings is 1. The molecule has 1 aromatic carbocycles. The van der Waals surface area contributed by atoms with Crippen molar-refractivity contribution >= 4 is 18.7 Å². The lowest BCUT2D eigenvalue weighted by molar-refractivity contribution is 0.0381. The van der Waals surface area contributed by atoms with Crippen molar-refractivity contribution < 1.29 is 9.47 Å². The second-order valence-corrected chi connectivity index (χ2v) is 11.3. The zero-order chi connectivity index (χ0) is 28.8. The van der Waals surface area contributed by atoms with Crippen molar-refractivity contribution in [3.05, 3.63) is 70.9 Å². The maximum absolute atomic E-state index is 6.10. The van der Waals surface area contributed by atoms with Gasteiger partial charge in [0, 0.05) is 62.2 Å². The molecule has 0 aliphatic carbocycles. The predicted molar refractivity (Wildman–Crippen MR) is 162 cm³/mol. The smallest absolute Gasteiger partial charge is 0.178 e. The molecular weight excluding hydrogens is 500 g/mol. The van der Waals surface area contributed by atoms with Gasteiger partial charge in [-0.3, -0.25) is 14.9 Å². The SMILES string of the molecule is C=Nc1nc(CC[C@]2(COCC)CCN(C(C)(C)c3ccc(C)nc3)C2)n(Cc2ccc(OC)cc2)c1C=NC. The van der Waals surface area contributed by atoms with Gasteiger partial charge in [0.05, 0.1) is 13.7 Å². The van der Waals surface area contributed by atoms with Crippen LogP contribution in [0.1, 0.15) is 62.0 Å². The molecule has 214 valence electrons. The van der Waals surface area contributed by atoms with Crippen LogP contribution in [-0.4, -0.2) is 72.8 Å². The molecular formula is C32H44N6O2. The Balaban J connectivity index is 1.59. The third-order valence-electron chi connectivity index (χ3n) is 8.31. The van der Waals surface area contributed by atoms with E-state index in [2.05, 4.69) is 76.2 Å². The summed E-state index contributed by atoms with van der Waals surface area (Å²) in [5.74, 6) is 2.45. The van der Waals surface area contributed by atoms with Crippen LogP contribution >= 0.6 is 0 Å². The first kappa shape index (κ1) is 29.6. The summed E-state index contributed by atoms with van der Waals surface area (Å²) in [6.07, 6.45) is 6.70. The molecule has 40 heavy (non-hydrogen) atoms. The molecule has 1 saturated heterocycles. The fourth-order valence-electron chi connectivity index (χ4n) is 5.66. The maximum atomic E-state index is 6.10. The summed E-state index contributed by atoms with van der Waals surface area (Å²) in [7, 11) is 3.45. The van der Waals surface area contributed by atoms with Gasteiger partial charge in [0.25, 0.3) is 0 Å². The highest BCUT2D eigenvalue weighted by atomic mass is 16.5. The maximum Gasteiger partial charge on any atom is 0.178 e. The van der Waals surface area contributed by atoms with Crippen molar-refractivity contribution in [3.8, 4) is 5.75 Å². The van der Waals surface area contributed by atoms with Crippen LogP contribution in [0.2, 0.25) is 0 Å². The summed E-state index contributed by atoms with van der Waals surface area (Å²) in [4.78, 5) is 20.6.